The van der Waals surface area contributed by atoms with E-state index in [9.17, 15) is 4.79 Å². The van der Waals surface area contributed by atoms with E-state index in [-0.39, 0.29) is 12.7 Å². The number of rotatable bonds is 3. The van der Waals surface area contributed by atoms with Crippen molar-refractivity contribution in [2.75, 3.05) is 19.1 Å². The van der Waals surface area contributed by atoms with Crippen molar-refractivity contribution >= 4 is 11.6 Å². The molecule has 0 saturated heterocycles. The van der Waals surface area contributed by atoms with Gasteiger partial charge in [0.15, 0.2) is 11.5 Å². The largest absolute Gasteiger partial charge is 0.454 e. The molecule has 5 heteroatoms. The fourth-order valence-corrected chi connectivity index (χ4v) is 1.61. The van der Waals surface area contributed by atoms with E-state index in [0.717, 1.165) is 0 Å². The first-order valence-electron chi connectivity index (χ1n) is 5.59. The Hall–Kier alpha value is -2.35. The highest BCUT2D eigenvalue weighted by Crippen LogP contribution is 2.35. The molecule has 0 aliphatic carbocycles. The van der Waals surface area contributed by atoms with Gasteiger partial charge in [-0.25, -0.2) is 0 Å². The van der Waals surface area contributed by atoms with Crippen LogP contribution in [0.1, 0.15) is 23.7 Å². The highest BCUT2D eigenvalue weighted by atomic mass is 16.7. The van der Waals surface area contributed by atoms with Crippen molar-refractivity contribution < 1.29 is 14.3 Å². The van der Waals surface area contributed by atoms with Crippen molar-refractivity contribution in [2.45, 2.75) is 13.3 Å². The number of nitrogens with one attached hydrogen (secondary N) is 1. The minimum Gasteiger partial charge on any atom is -0.454 e. The number of hydrogen-bond acceptors (Lipinski definition) is 4. The standard InChI is InChI=1S/C13H14N2O3/c1-2-3-4-5-15-13(16)9-6-11-12(7-10(9)14)18-8-17-11/h6-7H,4-5,8,14H2,1H3,(H,15,16). The number of nitrogens with two attached hydrogens (primary N) is 1. The lowest BCUT2D eigenvalue weighted by atomic mass is 10.1. The molecule has 1 aliphatic rings. The summed E-state index contributed by atoms with van der Waals surface area (Å²) in [5, 5.41) is 2.75. The Morgan fingerprint density at radius 3 is 2.89 bits per heavy atom. The third-order valence-electron chi connectivity index (χ3n) is 2.50. The number of anilines is 1. The summed E-state index contributed by atoms with van der Waals surface area (Å²) in [7, 11) is 0. The summed E-state index contributed by atoms with van der Waals surface area (Å²) in [5.41, 5.74) is 6.57. The second-order valence-corrected chi connectivity index (χ2v) is 3.73. The van der Waals surface area contributed by atoms with Crippen LogP contribution in [-0.2, 0) is 0 Å². The zero-order valence-electron chi connectivity index (χ0n) is 10.1. The molecule has 18 heavy (non-hydrogen) atoms. The first-order valence-corrected chi connectivity index (χ1v) is 5.59. The summed E-state index contributed by atoms with van der Waals surface area (Å²) in [4.78, 5) is 11.9. The summed E-state index contributed by atoms with van der Waals surface area (Å²) in [6.07, 6.45) is 0.618. The lowest BCUT2D eigenvalue weighted by molar-refractivity contribution is 0.0955. The number of fused-ring (bicyclic) bond motifs is 1. The predicted octanol–water partition coefficient (Wildman–Crippen LogP) is 1.14. The van der Waals surface area contributed by atoms with Gasteiger partial charge in [0.2, 0.25) is 6.79 Å². The molecule has 0 spiro atoms. The summed E-state index contributed by atoms with van der Waals surface area (Å²) >= 11 is 0. The Balaban J connectivity index is 2.07. The van der Waals surface area contributed by atoms with Crippen molar-refractivity contribution in [1.82, 2.24) is 5.32 Å². The maximum absolute atomic E-state index is 11.9. The monoisotopic (exact) mass is 246 g/mol. The molecular weight excluding hydrogens is 232 g/mol. The number of nitrogen functional groups attached to an aromatic ring is 1. The number of hydrogen-bond donors (Lipinski definition) is 2. The van der Waals surface area contributed by atoms with Gasteiger partial charge in [0, 0.05) is 24.7 Å². The van der Waals surface area contributed by atoms with E-state index in [1.807, 2.05) is 0 Å². The summed E-state index contributed by atoms with van der Waals surface area (Å²) in [6.45, 7) is 2.41. The fraction of sp³-hybridized carbons (Fsp3) is 0.308. The van der Waals surface area contributed by atoms with Gasteiger partial charge in [-0.3, -0.25) is 4.79 Å². The average molecular weight is 246 g/mol. The molecule has 1 heterocycles. The van der Waals surface area contributed by atoms with E-state index in [1.54, 1.807) is 19.1 Å². The van der Waals surface area contributed by atoms with E-state index in [0.29, 0.717) is 35.7 Å². The van der Waals surface area contributed by atoms with E-state index >= 15 is 0 Å². The minimum atomic E-state index is -0.233. The van der Waals surface area contributed by atoms with Crippen LogP contribution in [0.25, 0.3) is 0 Å². The SMILES string of the molecule is CC#CCCNC(=O)c1cc2c(cc1N)OCO2. The van der Waals surface area contributed by atoms with Crippen molar-refractivity contribution in [1.29, 1.82) is 0 Å². The van der Waals surface area contributed by atoms with Crippen LogP contribution in [0.3, 0.4) is 0 Å². The lowest BCUT2D eigenvalue weighted by Crippen LogP contribution is -2.25. The Kier molecular flexibility index (Phi) is 3.58. The van der Waals surface area contributed by atoms with Crippen LogP contribution in [0.4, 0.5) is 5.69 Å². The van der Waals surface area contributed by atoms with Gasteiger partial charge in [0.25, 0.3) is 5.91 Å². The first-order chi connectivity index (χ1) is 8.72. The van der Waals surface area contributed by atoms with Crippen LogP contribution in [-0.4, -0.2) is 19.2 Å². The van der Waals surface area contributed by atoms with Crippen LogP contribution in [0.15, 0.2) is 12.1 Å². The number of carbonyl (C=O) groups excluding carboxylic acids is 1. The highest BCUT2D eigenvalue weighted by molar-refractivity contribution is 6.00. The second kappa shape index (κ2) is 5.32. The van der Waals surface area contributed by atoms with E-state index in [1.165, 1.54) is 0 Å². The van der Waals surface area contributed by atoms with Gasteiger partial charge in [-0.2, -0.15) is 0 Å². The maximum atomic E-state index is 11.9. The van der Waals surface area contributed by atoms with Gasteiger partial charge >= 0.3 is 0 Å². The minimum absolute atomic E-state index is 0.159. The van der Waals surface area contributed by atoms with E-state index in [2.05, 4.69) is 17.2 Å². The first kappa shape index (κ1) is 12.1. The molecule has 3 N–H and O–H groups in total. The number of ether oxygens (including phenoxy) is 2. The average Bonchev–Trinajstić information content (AvgIpc) is 2.80. The van der Waals surface area contributed by atoms with Crippen LogP contribution in [0.5, 0.6) is 11.5 Å². The van der Waals surface area contributed by atoms with Crippen molar-refractivity contribution in [2.24, 2.45) is 0 Å². The maximum Gasteiger partial charge on any atom is 0.253 e. The molecule has 0 unspecified atom stereocenters. The summed E-state index contributed by atoms with van der Waals surface area (Å²) < 4.78 is 10.4. The van der Waals surface area contributed by atoms with Crippen molar-refractivity contribution in [3.05, 3.63) is 17.7 Å². The molecular formula is C13H14N2O3. The predicted molar refractivity (Wildman–Crippen MR) is 67.4 cm³/mol. The molecule has 1 amide bonds. The van der Waals surface area contributed by atoms with E-state index < -0.39 is 0 Å². The summed E-state index contributed by atoms with van der Waals surface area (Å²) in [5.74, 6) is 6.52. The highest BCUT2D eigenvalue weighted by Gasteiger charge is 2.19. The third-order valence-corrected chi connectivity index (χ3v) is 2.50. The topological polar surface area (TPSA) is 73.6 Å². The van der Waals surface area contributed by atoms with Gasteiger partial charge < -0.3 is 20.5 Å². The fourth-order valence-electron chi connectivity index (χ4n) is 1.61. The summed E-state index contributed by atoms with van der Waals surface area (Å²) in [6, 6.07) is 3.20. The molecule has 2 rings (SSSR count). The van der Waals surface area contributed by atoms with Gasteiger partial charge in [0.05, 0.1) is 5.56 Å². The number of benzene rings is 1. The molecule has 0 bridgehead atoms. The molecule has 94 valence electrons. The lowest BCUT2D eigenvalue weighted by Gasteiger charge is -2.07. The Bertz CT molecular complexity index is 529. The molecule has 0 saturated carbocycles. The van der Waals surface area contributed by atoms with Crippen molar-refractivity contribution in [3.63, 3.8) is 0 Å². The Morgan fingerprint density at radius 2 is 2.17 bits per heavy atom. The number of carbonyl (C=O) groups is 1. The second-order valence-electron chi connectivity index (χ2n) is 3.73. The van der Waals surface area contributed by atoms with Gasteiger partial charge in [-0.1, -0.05) is 0 Å². The van der Waals surface area contributed by atoms with Crippen LogP contribution < -0.4 is 20.5 Å². The smallest absolute Gasteiger partial charge is 0.253 e. The van der Waals surface area contributed by atoms with Gasteiger partial charge in [-0.05, 0) is 13.0 Å². The van der Waals surface area contributed by atoms with E-state index in [4.69, 9.17) is 15.2 Å². The third kappa shape index (κ3) is 2.48. The van der Waals surface area contributed by atoms with Gasteiger partial charge in [-0.15, -0.1) is 11.8 Å². The Morgan fingerprint density at radius 1 is 1.44 bits per heavy atom. The quantitative estimate of drug-likeness (QED) is 0.476. The normalized spacial score (nSPS) is 11.6. The van der Waals surface area contributed by atoms with Crippen molar-refractivity contribution in [3.8, 4) is 23.3 Å². The molecule has 0 fully saturated rings. The van der Waals surface area contributed by atoms with Crippen LogP contribution >= 0.6 is 0 Å². The Labute approximate surface area is 105 Å². The number of amides is 1. The molecule has 1 aromatic carbocycles. The van der Waals surface area contributed by atoms with Gasteiger partial charge in [0.1, 0.15) is 0 Å². The van der Waals surface area contributed by atoms with Crippen LogP contribution in [0.2, 0.25) is 0 Å². The molecule has 1 aromatic rings. The van der Waals surface area contributed by atoms with Crippen LogP contribution in [0, 0.1) is 11.8 Å². The molecule has 0 atom stereocenters. The molecule has 1 aliphatic heterocycles. The molecule has 0 aromatic heterocycles. The zero-order chi connectivity index (χ0) is 13.0. The molecule has 5 nitrogen and oxygen atoms in total. The molecule has 0 radical (unpaired) electrons. The zero-order valence-corrected chi connectivity index (χ0v) is 10.1.